The Labute approximate surface area is 115 Å². The van der Waals surface area contributed by atoms with Crippen LogP contribution >= 0.6 is 0 Å². The second kappa shape index (κ2) is 5.87. The first-order valence-electron chi connectivity index (χ1n) is 7.75. The van der Waals surface area contributed by atoms with E-state index in [1.807, 2.05) is 0 Å². The smallest absolute Gasteiger partial charge is 0.147 e. The molecule has 3 rings (SSSR count). The van der Waals surface area contributed by atoms with Crippen LogP contribution < -0.4 is 11.3 Å². The van der Waals surface area contributed by atoms with Gasteiger partial charge in [0.05, 0.1) is 0 Å². The van der Waals surface area contributed by atoms with E-state index in [4.69, 9.17) is 15.8 Å². The molecule has 4 heteroatoms. The van der Waals surface area contributed by atoms with Gasteiger partial charge in [0, 0.05) is 17.2 Å². The number of nitrogens with zero attached hydrogens (tertiary/aromatic N) is 2. The van der Waals surface area contributed by atoms with Gasteiger partial charge < -0.3 is 5.43 Å². The number of aryl methyl sites for hydroxylation is 1. The van der Waals surface area contributed by atoms with Crippen molar-refractivity contribution >= 4 is 5.82 Å². The molecule has 1 aromatic rings. The molecule has 104 valence electrons. The third-order valence-corrected chi connectivity index (χ3v) is 4.56. The standard InChI is InChI=1S/C15H24N4/c16-19-15-12-9-5-6-10-13(12)17-14(18-15)11-7-3-1-2-4-8-11/h11H,1-10,16H2,(H,17,18,19). The van der Waals surface area contributed by atoms with Gasteiger partial charge in [-0.15, -0.1) is 0 Å². The Morgan fingerprint density at radius 2 is 1.63 bits per heavy atom. The van der Waals surface area contributed by atoms with E-state index >= 15 is 0 Å². The van der Waals surface area contributed by atoms with Gasteiger partial charge in [-0.05, 0) is 38.5 Å². The lowest BCUT2D eigenvalue weighted by molar-refractivity contribution is 0.550. The summed E-state index contributed by atoms with van der Waals surface area (Å²) in [5.74, 6) is 8.12. The molecule has 1 fully saturated rings. The highest BCUT2D eigenvalue weighted by molar-refractivity contribution is 5.47. The molecule has 1 aromatic heterocycles. The molecule has 0 aromatic carbocycles. The molecule has 19 heavy (non-hydrogen) atoms. The summed E-state index contributed by atoms with van der Waals surface area (Å²) in [5.41, 5.74) is 5.30. The maximum absolute atomic E-state index is 5.66. The van der Waals surface area contributed by atoms with Gasteiger partial charge in [-0.3, -0.25) is 0 Å². The largest absolute Gasteiger partial charge is 0.308 e. The number of hydrogen-bond acceptors (Lipinski definition) is 4. The van der Waals surface area contributed by atoms with E-state index in [0.717, 1.165) is 24.5 Å². The topological polar surface area (TPSA) is 63.8 Å². The van der Waals surface area contributed by atoms with Crippen LogP contribution in [-0.2, 0) is 12.8 Å². The Morgan fingerprint density at radius 1 is 0.895 bits per heavy atom. The van der Waals surface area contributed by atoms with E-state index in [1.54, 1.807) is 0 Å². The highest BCUT2D eigenvalue weighted by Gasteiger charge is 2.22. The molecular weight excluding hydrogens is 236 g/mol. The van der Waals surface area contributed by atoms with E-state index in [1.165, 1.54) is 62.6 Å². The molecule has 3 N–H and O–H groups in total. The van der Waals surface area contributed by atoms with Crippen LogP contribution in [0.25, 0.3) is 0 Å². The van der Waals surface area contributed by atoms with Crippen LogP contribution in [-0.4, -0.2) is 9.97 Å². The van der Waals surface area contributed by atoms with Crippen LogP contribution in [0.1, 0.15) is 74.4 Å². The van der Waals surface area contributed by atoms with Crippen LogP contribution in [0.4, 0.5) is 5.82 Å². The minimum atomic E-state index is 0.543. The Bertz CT molecular complexity index is 419. The molecule has 0 radical (unpaired) electrons. The molecule has 0 saturated heterocycles. The number of hydrogen-bond donors (Lipinski definition) is 2. The van der Waals surface area contributed by atoms with Crippen molar-refractivity contribution in [3.05, 3.63) is 17.1 Å². The lowest BCUT2D eigenvalue weighted by Crippen LogP contribution is -2.19. The van der Waals surface area contributed by atoms with Crippen molar-refractivity contribution in [2.75, 3.05) is 5.43 Å². The molecule has 0 unspecified atom stereocenters. The summed E-state index contributed by atoms with van der Waals surface area (Å²) < 4.78 is 0. The summed E-state index contributed by atoms with van der Waals surface area (Å²) in [6.07, 6.45) is 12.5. The van der Waals surface area contributed by atoms with Crippen molar-refractivity contribution in [1.29, 1.82) is 0 Å². The van der Waals surface area contributed by atoms with Crippen LogP contribution in [0.3, 0.4) is 0 Å². The van der Waals surface area contributed by atoms with Crippen LogP contribution in [0.5, 0.6) is 0 Å². The molecule has 2 aliphatic carbocycles. The van der Waals surface area contributed by atoms with Crippen molar-refractivity contribution < 1.29 is 0 Å². The zero-order valence-electron chi connectivity index (χ0n) is 11.6. The third-order valence-electron chi connectivity index (χ3n) is 4.56. The fourth-order valence-corrected chi connectivity index (χ4v) is 3.45. The van der Waals surface area contributed by atoms with Gasteiger partial charge >= 0.3 is 0 Å². The number of aromatic nitrogens is 2. The number of nitrogens with one attached hydrogen (secondary N) is 1. The average molecular weight is 260 g/mol. The summed E-state index contributed by atoms with van der Waals surface area (Å²) >= 11 is 0. The zero-order chi connectivity index (χ0) is 13.1. The van der Waals surface area contributed by atoms with Crippen LogP contribution in [0.2, 0.25) is 0 Å². The highest BCUT2D eigenvalue weighted by atomic mass is 15.3. The first-order chi connectivity index (χ1) is 9.38. The summed E-state index contributed by atoms with van der Waals surface area (Å²) in [6.45, 7) is 0. The number of rotatable bonds is 2. The number of nitrogens with two attached hydrogens (primary N) is 1. The van der Waals surface area contributed by atoms with E-state index in [-0.39, 0.29) is 0 Å². The predicted octanol–water partition coefficient (Wildman–Crippen LogP) is 3.08. The molecule has 4 nitrogen and oxygen atoms in total. The van der Waals surface area contributed by atoms with Crippen LogP contribution in [0, 0.1) is 0 Å². The highest BCUT2D eigenvalue weighted by Crippen LogP contribution is 2.32. The van der Waals surface area contributed by atoms with Crippen molar-refractivity contribution in [1.82, 2.24) is 9.97 Å². The molecule has 0 amide bonds. The summed E-state index contributed by atoms with van der Waals surface area (Å²) in [7, 11) is 0. The molecule has 1 heterocycles. The minimum Gasteiger partial charge on any atom is -0.308 e. The zero-order valence-corrected chi connectivity index (χ0v) is 11.6. The van der Waals surface area contributed by atoms with Crippen molar-refractivity contribution in [2.24, 2.45) is 5.84 Å². The van der Waals surface area contributed by atoms with Gasteiger partial charge in [0.1, 0.15) is 11.6 Å². The van der Waals surface area contributed by atoms with E-state index in [0.29, 0.717) is 5.92 Å². The SMILES string of the molecule is NNc1nc(C2CCCCCC2)nc2c1CCCC2. The fraction of sp³-hybridized carbons (Fsp3) is 0.733. The van der Waals surface area contributed by atoms with E-state index < -0.39 is 0 Å². The molecule has 0 spiro atoms. The molecular formula is C15H24N4. The van der Waals surface area contributed by atoms with Gasteiger partial charge in [-0.25, -0.2) is 15.8 Å². The monoisotopic (exact) mass is 260 g/mol. The van der Waals surface area contributed by atoms with E-state index in [9.17, 15) is 0 Å². The van der Waals surface area contributed by atoms with Gasteiger partial charge in [0.15, 0.2) is 0 Å². The molecule has 0 bridgehead atoms. The van der Waals surface area contributed by atoms with Gasteiger partial charge in [-0.1, -0.05) is 25.7 Å². The number of anilines is 1. The Kier molecular flexibility index (Phi) is 3.97. The minimum absolute atomic E-state index is 0.543. The van der Waals surface area contributed by atoms with Gasteiger partial charge in [-0.2, -0.15) is 0 Å². The first kappa shape index (κ1) is 12.9. The van der Waals surface area contributed by atoms with Gasteiger partial charge in [0.25, 0.3) is 0 Å². The summed E-state index contributed by atoms with van der Waals surface area (Å²) in [6, 6.07) is 0. The molecule has 0 aliphatic heterocycles. The van der Waals surface area contributed by atoms with Crippen molar-refractivity contribution in [3.63, 3.8) is 0 Å². The summed E-state index contributed by atoms with van der Waals surface area (Å²) in [5, 5.41) is 0. The van der Waals surface area contributed by atoms with Crippen molar-refractivity contribution in [2.45, 2.75) is 70.1 Å². The Balaban J connectivity index is 1.92. The quantitative estimate of drug-likeness (QED) is 0.487. The maximum Gasteiger partial charge on any atom is 0.147 e. The second-order valence-corrected chi connectivity index (χ2v) is 5.90. The van der Waals surface area contributed by atoms with Crippen molar-refractivity contribution in [3.8, 4) is 0 Å². The van der Waals surface area contributed by atoms with Crippen LogP contribution in [0.15, 0.2) is 0 Å². The number of hydrazine groups is 1. The molecule has 0 atom stereocenters. The number of fused-ring (bicyclic) bond motifs is 1. The third kappa shape index (κ3) is 2.73. The second-order valence-electron chi connectivity index (χ2n) is 5.90. The molecule has 2 aliphatic rings. The number of nitrogen functional groups attached to an aromatic ring is 1. The fourth-order valence-electron chi connectivity index (χ4n) is 3.45. The Hall–Kier alpha value is -1.16. The van der Waals surface area contributed by atoms with Gasteiger partial charge in [0.2, 0.25) is 0 Å². The average Bonchev–Trinajstić information content (AvgIpc) is 2.75. The maximum atomic E-state index is 5.66. The lowest BCUT2D eigenvalue weighted by atomic mass is 9.94. The summed E-state index contributed by atoms with van der Waals surface area (Å²) in [4.78, 5) is 9.60. The predicted molar refractivity (Wildman–Crippen MR) is 76.9 cm³/mol. The lowest BCUT2D eigenvalue weighted by Gasteiger charge is -2.21. The molecule has 1 saturated carbocycles. The first-order valence-corrected chi connectivity index (χ1v) is 7.75. The Morgan fingerprint density at radius 3 is 2.37 bits per heavy atom. The van der Waals surface area contributed by atoms with E-state index in [2.05, 4.69) is 5.43 Å². The normalized spacial score (nSPS) is 20.7.